The average Bonchev–Trinajstić information content (AvgIpc) is 3.00. The Balaban J connectivity index is 1.81. The van der Waals surface area contributed by atoms with Crippen molar-refractivity contribution in [2.45, 2.75) is 19.9 Å². The van der Waals surface area contributed by atoms with E-state index >= 15 is 0 Å². The van der Waals surface area contributed by atoms with Crippen LogP contribution in [0.3, 0.4) is 0 Å². The predicted molar refractivity (Wildman–Crippen MR) is 76.7 cm³/mol. The molecule has 1 N–H and O–H groups in total. The van der Waals surface area contributed by atoms with Crippen LogP contribution in [0.5, 0.6) is 0 Å². The third-order valence-corrected chi connectivity index (χ3v) is 2.97. The number of carbonyl (C=O) groups is 2. The molecule has 1 aromatic carbocycles. The molecule has 1 amide bonds. The third-order valence-electron chi connectivity index (χ3n) is 2.97. The van der Waals surface area contributed by atoms with Crippen molar-refractivity contribution >= 4 is 11.9 Å². The molecule has 21 heavy (non-hydrogen) atoms. The zero-order chi connectivity index (χ0) is 15.2. The maximum atomic E-state index is 11.8. The van der Waals surface area contributed by atoms with E-state index in [0.717, 1.165) is 5.56 Å². The molecule has 0 fully saturated rings. The Morgan fingerprint density at radius 3 is 2.57 bits per heavy atom. The van der Waals surface area contributed by atoms with E-state index in [1.807, 2.05) is 19.1 Å². The van der Waals surface area contributed by atoms with Crippen LogP contribution in [0.25, 0.3) is 0 Å². The number of carbonyl (C=O) groups excluding carboxylic acids is 2. The quantitative estimate of drug-likeness (QED) is 0.858. The summed E-state index contributed by atoms with van der Waals surface area (Å²) in [7, 11) is 0. The van der Waals surface area contributed by atoms with Gasteiger partial charge in [0, 0.05) is 0 Å². The van der Waals surface area contributed by atoms with Crippen molar-refractivity contribution in [3.63, 3.8) is 0 Å². The summed E-state index contributed by atoms with van der Waals surface area (Å²) in [5.74, 6) is -0.247. The largest absolute Gasteiger partial charge is 0.467 e. The number of hydrogen-bond acceptors (Lipinski definition) is 4. The molecule has 0 unspecified atom stereocenters. The Morgan fingerprint density at radius 1 is 1.24 bits per heavy atom. The summed E-state index contributed by atoms with van der Waals surface area (Å²) >= 11 is 0. The van der Waals surface area contributed by atoms with E-state index in [2.05, 4.69) is 5.32 Å². The number of hydrogen-bond donors (Lipinski definition) is 1. The highest BCUT2D eigenvalue weighted by Crippen LogP contribution is 2.11. The van der Waals surface area contributed by atoms with Gasteiger partial charge in [0.25, 0.3) is 5.91 Å². The van der Waals surface area contributed by atoms with Crippen molar-refractivity contribution in [2.75, 3.05) is 6.61 Å². The second-order valence-corrected chi connectivity index (χ2v) is 4.75. The maximum Gasteiger partial charge on any atom is 0.338 e. The zero-order valence-electron chi connectivity index (χ0n) is 12.0. The molecule has 0 saturated carbocycles. The Hall–Kier alpha value is -2.56. The van der Waals surface area contributed by atoms with E-state index in [1.165, 1.54) is 6.26 Å². The molecule has 110 valence electrons. The average molecular weight is 287 g/mol. The van der Waals surface area contributed by atoms with Gasteiger partial charge in [0.2, 0.25) is 0 Å². The zero-order valence-corrected chi connectivity index (χ0v) is 12.0. The molecule has 0 saturated heterocycles. The highest BCUT2D eigenvalue weighted by atomic mass is 16.5. The molecule has 0 aliphatic heterocycles. The summed E-state index contributed by atoms with van der Waals surface area (Å²) < 4.78 is 10.1. The Kier molecular flexibility index (Phi) is 4.77. The first-order valence-corrected chi connectivity index (χ1v) is 6.63. The van der Waals surface area contributed by atoms with Crippen molar-refractivity contribution in [1.29, 1.82) is 0 Å². The van der Waals surface area contributed by atoms with E-state index in [9.17, 15) is 9.59 Å². The highest BCUT2D eigenvalue weighted by Gasteiger charge is 2.14. The maximum absolute atomic E-state index is 11.8. The molecule has 1 aromatic heterocycles. The van der Waals surface area contributed by atoms with E-state index < -0.39 is 5.97 Å². The van der Waals surface area contributed by atoms with Gasteiger partial charge < -0.3 is 14.5 Å². The fourth-order valence-electron chi connectivity index (χ4n) is 1.80. The number of benzene rings is 1. The van der Waals surface area contributed by atoms with Gasteiger partial charge in [-0.3, -0.25) is 4.79 Å². The van der Waals surface area contributed by atoms with Crippen molar-refractivity contribution in [3.8, 4) is 0 Å². The van der Waals surface area contributed by atoms with E-state index in [4.69, 9.17) is 9.15 Å². The lowest BCUT2D eigenvalue weighted by atomic mass is 10.1. The number of amides is 1. The lowest BCUT2D eigenvalue weighted by Gasteiger charge is -2.11. The molecule has 0 spiro atoms. The molecule has 1 heterocycles. The molecule has 0 radical (unpaired) electrons. The standard InChI is InChI=1S/C16H17NO4/c1-11-5-7-13(8-6-11)16(19)21-10-15(18)17-12(2)14-4-3-9-20-14/h3-9,12H,10H2,1-2H3,(H,17,18)/t12-/m1/s1. The first-order valence-electron chi connectivity index (χ1n) is 6.63. The van der Waals surface area contributed by atoms with Crippen LogP contribution >= 0.6 is 0 Å². The van der Waals surface area contributed by atoms with Gasteiger partial charge in [-0.15, -0.1) is 0 Å². The van der Waals surface area contributed by atoms with E-state index in [0.29, 0.717) is 11.3 Å². The van der Waals surface area contributed by atoms with Gasteiger partial charge in [0.15, 0.2) is 6.61 Å². The minimum atomic E-state index is -0.518. The molecule has 2 aromatic rings. The van der Waals surface area contributed by atoms with Crippen molar-refractivity contribution < 1.29 is 18.7 Å². The second-order valence-electron chi connectivity index (χ2n) is 4.75. The number of aryl methyl sites for hydroxylation is 1. The minimum Gasteiger partial charge on any atom is -0.467 e. The van der Waals surface area contributed by atoms with Crippen LogP contribution in [-0.4, -0.2) is 18.5 Å². The summed E-state index contributed by atoms with van der Waals surface area (Å²) in [6.07, 6.45) is 1.54. The van der Waals surface area contributed by atoms with Crippen LogP contribution in [-0.2, 0) is 9.53 Å². The lowest BCUT2D eigenvalue weighted by Crippen LogP contribution is -2.30. The molecular weight excluding hydrogens is 270 g/mol. The molecule has 0 aliphatic rings. The first kappa shape index (κ1) is 14.8. The van der Waals surface area contributed by atoms with Gasteiger partial charge in [-0.05, 0) is 38.1 Å². The number of esters is 1. The molecule has 1 atom stereocenters. The van der Waals surface area contributed by atoms with Gasteiger partial charge in [-0.25, -0.2) is 4.79 Å². The minimum absolute atomic E-state index is 0.273. The van der Waals surface area contributed by atoms with Crippen molar-refractivity contribution in [2.24, 2.45) is 0 Å². The Morgan fingerprint density at radius 2 is 1.95 bits per heavy atom. The topological polar surface area (TPSA) is 68.5 Å². The van der Waals surface area contributed by atoms with Gasteiger partial charge in [-0.2, -0.15) is 0 Å². The Bertz CT molecular complexity index is 602. The van der Waals surface area contributed by atoms with Gasteiger partial charge in [0.1, 0.15) is 5.76 Å². The fraction of sp³-hybridized carbons (Fsp3) is 0.250. The van der Waals surface area contributed by atoms with Crippen LogP contribution in [0.2, 0.25) is 0 Å². The monoisotopic (exact) mass is 287 g/mol. The number of ether oxygens (including phenoxy) is 1. The van der Waals surface area contributed by atoms with Crippen LogP contribution in [0, 0.1) is 6.92 Å². The Labute approximate surface area is 122 Å². The van der Waals surface area contributed by atoms with Gasteiger partial charge in [-0.1, -0.05) is 17.7 Å². The predicted octanol–water partition coefficient (Wildman–Crippen LogP) is 2.62. The van der Waals surface area contributed by atoms with E-state index in [1.54, 1.807) is 31.2 Å². The molecule has 5 heteroatoms. The molecular formula is C16H17NO4. The van der Waals surface area contributed by atoms with Crippen LogP contribution in [0.4, 0.5) is 0 Å². The van der Waals surface area contributed by atoms with Gasteiger partial charge >= 0.3 is 5.97 Å². The van der Waals surface area contributed by atoms with Crippen LogP contribution in [0.1, 0.15) is 34.6 Å². The van der Waals surface area contributed by atoms with Crippen molar-refractivity contribution in [1.82, 2.24) is 5.32 Å². The summed E-state index contributed by atoms with van der Waals surface area (Å²) in [5.41, 5.74) is 1.48. The number of nitrogens with one attached hydrogen (secondary N) is 1. The first-order chi connectivity index (χ1) is 10.1. The number of furan rings is 1. The molecule has 0 aliphatic carbocycles. The number of rotatable bonds is 5. The van der Waals surface area contributed by atoms with Crippen LogP contribution < -0.4 is 5.32 Å². The normalized spacial score (nSPS) is 11.7. The molecule has 2 rings (SSSR count). The van der Waals surface area contributed by atoms with Crippen molar-refractivity contribution in [3.05, 3.63) is 59.5 Å². The molecule has 5 nitrogen and oxygen atoms in total. The van der Waals surface area contributed by atoms with E-state index in [-0.39, 0.29) is 18.6 Å². The smallest absolute Gasteiger partial charge is 0.338 e. The van der Waals surface area contributed by atoms with Gasteiger partial charge in [0.05, 0.1) is 17.9 Å². The lowest BCUT2D eigenvalue weighted by molar-refractivity contribution is -0.125. The summed E-state index contributed by atoms with van der Waals surface area (Å²) in [6.45, 7) is 3.40. The summed E-state index contributed by atoms with van der Waals surface area (Å²) in [6, 6.07) is 10.2. The van der Waals surface area contributed by atoms with Crippen LogP contribution in [0.15, 0.2) is 47.1 Å². The summed E-state index contributed by atoms with van der Waals surface area (Å²) in [5, 5.41) is 2.69. The molecule has 0 bridgehead atoms. The fourth-order valence-corrected chi connectivity index (χ4v) is 1.80. The third kappa shape index (κ3) is 4.21. The SMILES string of the molecule is Cc1ccc(C(=O)OCC(=O)N[C@H](C)c2ccco2)cc1. The highest BCUT2D eigenvalue weighted by molar-refractivity contribution is 5.91. The summed E-state index contributed by atoms with van der Waals surface area (Å²) in [4.78, 5) is 23.5. The second kappa shape index (κ2) is 6.74.